The summed E-state index contributed by atoms with van der Waals surface area (Å²) in [6.45, 7) is 3.14. The second-order valence-electron chi connectivity index (χ2n) is 5.04. The maximum atomic E-state index is 13.0. The van der Waals surface area contributed by atoms with Gasteiger partial charge in [-0.15, -0.1) is 12.4 Å². The smallest absolute Gasteiger partial charge is 0.184 e. The monoisotopic (exact) mass is 353 g/mol. The zero-order valence-corrected chi connectivity index (χ0v) is 14.6. The number of benzene rings is 2. The highest BCUT2D eigenvalue weighted by Gasteiger charge is 2.27. The van der Waals surface area contributed by atoms with Gasteiger partial charge in [0.25, 0.3) is 0 Å². The van der Waals surface area contributed by atoms with Crippen LogP contribution in [0.3, 0.4) is 0 Å². The highest BCUT2D eigenvalue weighted by atomic mass is 35.5. The van der Waals surface area contributed by atoms with E-state index in [0.29, 0.717) is 23.7 Å². The fraction of sp³-hybridized carbons (Fsp3) is 0.278. The molecule has 0 aromatic heterocycles. The van der Waals surface area contributed by atoms with Gasteiger partial charge in [0.1, 0.15) is 0 Å². The van der Waals surface area contributed by atoms with Gasteiger partial charge < -0.3 is 5.11 Å². The van der Waals surface area contributed by atoms with Gasteiger partial charge in [0.15, 0.2) is 5.78 Å². The molecule has 2 aromatic carbocycles. The van der Waals surface area contributed by atoms with Crippen molar-refractivity contribution in [3.63, 3.8) is 0 Å². The van der Waals surface area contributed by atoms with Gasteiger partial charge in [-0.3, -0.25) is 9.69 Å². The Morgan fingerprint density at radius 1 is 1.13 bits per heavy atom. The van der Waals surface area contributed by atoms with Crippen LogP contribution >= 0.6 is 24.0 Å². The van der Waals surface area contributed by atoms with Gasteiger partial charge in [-0.25, -0.2) is 0 Å². The number of hydrogen-bond acceptors (Lipinski definition) is 3. The van der Waals surface area contributed by atoms with Crippen molar-refractivity contribution in [1.82, 2.24) is 4.90 Å². The minimum atomic E-state index is -0.403. The van der Waals surface area contributed by atoms with Crippen LogP contribution in [0.5, 0.6) is 0 Å². The predicted molar refractivity (Wildman–Crippen MR) is 96.5 cm³/mol. The number of aliphatic hydroxyl groups excluding tert-OH is 1. The summed E-state index contributed by atoms with van der Waals surface area (Å²) >= 11 is 5.90. The summed E-state index contributed by atoms with van der Waals surface area (Å²) in [5.41, 5.74) is 1.55. The molecule has 0 bridgehead atoms. The van der Waals surface area contributed by atoms with Gasteiger partial charge in [0, 0.05) is 17.1 Å². The van der Waals surface area contributed by atoms with Crippen LogP contribution in [-0.4, -0.2) is 35.5 Å². The molecule has 0 saturated carbocycles. The molecule has 0 saturated heterocycles. The molecule has 1 atom stereocenters. The Hall–Kier alpha value is -1.39. The Bertz CT molecular complexity index is 602. The molecular formula is C18H21Cl2NO2. The van der Waals surface area contributed by atoms with Crippen LogP contribution in [0.1, 0.15) is 28.9 Å². The molecule has 2 aromatic rings. The number of likely N-dealkylation sites (N-methyl/N-ethyl adjacent to an activating group) is 1. The first kappa shape index (κ1) is 19.7. The van der Waals surface area contributed by atoms with E-state index in [9.17, 15) is 9.90 Å². The van der Waals surface area contributed by atoms with Crippen LogP contribution in [0.4, 0.5) is 0 Å². The van der Waals surface area contributed by atoms with E-state index in [-0.39, 0.29) is 24.8 Å². The lowest BCUT2D eigenvalue weighted by atomic mass is 9.96. The van der Waals surface area contributed by atoms with Crippen molar-refractivity contribution >= 4 is 29.8 Å². The summed E-state index contributed by atoms with van der Waals surface area (Å²) in [4.78, 5) is 14.9. The number of carbonyl (C=O) groups is 1. The summed E-state index contributed by atoms with van der Waals surface area (Å²) in [6.07, 6.45) is 0. The van der Waals surface area contributed by atoms with Gasteiger partial charge >= 0.3 is 0 Å². The Balaban J connectivity index is 0.00000264. The summed E-state index contributed by atoms with van der Waals surface area (Å²) in [6, 6.07) is 16.2. The molecule has 5 heteroatoms. The Kier molecular flexibility index (Phi) is 8.28. The van der Waals surface area contributed by atoms with Crippen LogP contribution < -0.4 is 0 Å². The van der Waals surface area contributed by atoms with Gasteiger partial charge in [-0.1, -0.05) is 48.9 Å². The standard InChI is InChI=1S/C18H20ClNO2.ClH/c1-2-20(12-13-21)17(14-6-4-3-5-7-14)18(22)15-8-10-16(19)11-9-15;/h3-11,17,21H,2,12-13H2,1H3;1H. The second kappa shape index (κ2) is 9.68. The Morgan fingerprint density at radius 3 is 2.26 bits per heavy atom. The second-order valence-corrected chi connectivity index (χ2v) is 5.47. The van der Waals surface area contributed by atoms with Gasteiger partial charge in [-0.05, 0) is 36.4 Å². The van der Waals surface area contributed by atoms with Crippen molar-refractivity contribution in [2.45, 2.75) is 13.0 Å². The largest absolute Gasteiger partial charge is 0.395 e. The topological polar surface area (TPSA) is 40.5 Å². The maximum absolute atomic E-state index is 13.0. The molecule has 0 amide bonds. The van der Waals surface area contributed by atoms with Crippen molar-refractivity contribution in [2.24, 2.45) is 0 Å². The number of rotatable bonds is 7. The van der Waals surface area contributed by atoms with Gasteiger partial charge in [0.05, 0.1) is 12.6 Å². The number of Topliss-reactive ketones (excluding diaryl/α,β-unsaturated/α-hetero) is 1. The maximum Gasteiger partial charge on any atom is 0.184 e. The zero-order chi connectivity index (χ0) is 15.9. The first-order chi connectivity index (χ1) is 10.7. The third kappa shape index (κ3) is 5.05. The first-order valence-electron chi connectivity index (χ1n) is 7.37. The molecule has 1 unspecified atom stereocenters. The van der Waals surface area contributed by atoms with E-state index in [4.69, 9.17) is 11.6 Å². The van der Waals surface area contributed by atoms with E-state index < -0.39 is 6.04 Å². The molecule has 2 rings (SSSR count). The van der Waals surface area contributed by atoms with E-state index in [2.05, 4.69) is 0 Å². The number of carbonyl (C=O) groups excluding carboxylic acids is 1. The Morgan fingerprint density at radius 2 is 1.74 bits per heavy atom. The molecule has 0 fully saturated rings. The van der Waals surface area contributed by atoms with Crippen LogP contribution in [0.15, 0.2) is 54.6 Å². The number of aliphatic hydroxyl groups is 1. The minimum absolute atomic E-state index is 0. The summed E-state index contributed by atoms with van der Waals surface area (Å²) in [7, 11) is 0. The molecular weight excluding hydrogens is 333 g/mol. The highest BCUT2D eigenvalue weighted by molar-refractivity contribution is 6.30. The van der Waals surface area contributed by atoms with Crippen LogP contribution in [0, 0.1) is 0 Å². The molecule has 0 heterocycles. The molecule has 3 nitrogen and oxygen atoms in total. The van der Waals surface area contributed by atoms with E-state index in [0.717, 1.165) is 5.56 Å². The van der Waals surface area contributed by atoms with E-state index in [1.807, 2.05) is 42.2 Å². The predicted octanol–water partition coefficient (Wildman–Crippen LogP) is 4.00. The summed E-state index contributed by atoms with van der Waals surface area (Å²) < 4.78 is 0. The number of hydrogen-bond donors (Lipinski definition) is 1. The fourth-order valence-corrected chi connectivity index (χ4v) is 2.66. The average molecular weight is 354 g/mol. The molecule has 0 aliphatic carbocycles. The number of nitrogens with zero attached hydrogens (tertiary/aromatic N) is 1. The zero-order valence-electron chi connectivity index (χ0n) is 13.0. The summed E-state index contributed by atoms with van der Waals surface area (Å²) in [5.74, 6) is 0.0122. The van der Waals surface area contributed by atoms with Crippen molar-refractivity contribution in [3.05, 3.63) is 70.7 Å². The van der Waals surface area contributed by atoms with Crippen LogP contribution in [0.2, 0.25) is 5.02 Å². The summed E-state index contributed by atoms with van der Waals surface area (Å²) in [5, 5.41) is 9.89. The van der Waals surface area contributed by atoms with E-state index in [1.54, 1.807) is 24.3 Å². The number of halogens is 2. The quantitative estimate of drug-likeness (QED) is 0.764. The third-order valence-electron chi connectivity index (χ3n) is 3.65. The van der Waals surface area contributed by atoms with Crippen molar-refractivity contribution in [3.8, 4) is 0 Å². The average Bonchev–Trinajstić information content (AvgIpc) is 2.56. The van der Waals surface area contributed by atoms with E-state index >= 15 is 0 Å². The van der Waals surface area contributed by atoms with Gasteiger partial charge in [0.2, 0.25) is 0 Å². The van der Waals surface area contributed by atoms with Crippen molar-refractivity contribution < 1.29 is 9.90 Å². The molecule has 0 radical (unpaired) electrons. The first-order valence-corrected chi connectivity index (χ1v) is 7.74. The SMILES string of the molecule is CCN(CCO)C(C(=O)c1ccc(Cl)cc1)c1ccccc1.Cl. The molecule has 0 aliphatic heterocycles. The van der Waals surface area contributed by atoms with Crippen LogP contribution in [-0.2, 0) is 0 Å². The number of ketones is 1. The lowest BCUT2D eigenvalue weighted by Crippen LogP contribution is -2.36. The molecule has 1 N–H and O–H groups in total. The molecule has 124 valence electrons. The molecule has 0 aliphatic rings. The Labute approximate surface area is 148 Å². The minimum Gasteiger partial charge on any atom is -0.395 e. The molecule has 0 spiro atoms. The van der Waals surface area contributed by atoms with Crippen molar-refractivity contribution in [2.75, 3.05) is 19.7 Å². The van der Waals surface area contributed by atoms with Crippen molar-refractivity contribution in [1.29, 1.82) is 0 Å². The highest BCUT2D eigenvalue weighted by Crippen LogP contribution is 2.25. The van der Waals surface area contributed by atoms with E-state index in [1.165, 1.54) is 0 Å². The third-order valence-corrected chi connectivity index (χ3v) is 3.90. The lowest BCUT2D eigenvalue weighted by molar-refractivity contribution is 0.0793. The normalized spacial score (nSPS) is 11.8. The van der Waals surface area contributed by atoms with Crippen LogP contribution in [0.25, 0.3) is 0 Å². The lowest BCUT2D eigenvalue weighted by Gasteiger charge is -2.29. The fourth-order valence-electron chi connectivity index (χ4n) is 2.53. The molecule has 23 heavy (non-hydrogen) atoms. The van der Waals surface area contributed by atoms with Gasteiger partial charge in [-0.2, -0.15) is 0 Å².